The van der Waals surface area contributed by atoms with Crippen LogP contribution in [-0.2, 0) is 46.4 Å². The average Bonchev–Trinajstić information content (AvgIpc) is 3.90. The zero-order valence-electron chi connectivity index (χ0n) is 33.6. The molecule has 7 N–H and O–H groups in total. The minimum Gasteiger partial charge on any atom is -0.480 e. The van der Waals surface area contributed by atoms with Gasteiger partial charge in [-0.1, -0.05) is 94.8 Å². The lowest BCUT2D eigenvalue weighted by Gasteiger charge is -2.33. The van der Waals surface area contributed by atoms with Crippen LogP contribution in [0.1, 0.15) is 77.8 Å². The third-order valence-corrected chi connectivity index (χ3v) is 11.0. The summed E-state index contributed by atoms with van der Waals surface area (Å²) in [6, 6.07) is 11.0. The van der Waals surface area contributed by atoms with Crippen LogP contribution in [0.25, 0.3) is 0 Å². The van der Waals surface area contributed by atoms with E-state index in [0.717, 1.165) is 11.1 Å². The van der Waals surface area contributed by atoms with Crippen LogP contribution in [0, 0.1) is 11.8 Å². The molecule has 0 aromatic heterocycles. The maximum absolute atomic E-state index is 14.3. The summed E-state index contributed by atoms with van der Waals surface area (Å²) >= 11 is 0. The molecule has 0 aliphatic carbocycles. The van der Waals surface area contributed by atoms with E-state index in [4.69, 9.17) is 5.73 Å². The van der Waals surface area contributed by atoms with Crippen molar-refractivity contribution in [3.63, 3.8) is 0 Å². The van der Waals surface area contributed by atoms with Gasteiger partial charge >= 0.3 is 5.97 Å². The number of amides is 6. The molecule has 15 nitrogen and oxygen atoms in total. The van der Waals surface area contributed by atoms with E-state index in [2.05, 4.69) is 21.3 Å². The maximum atomic E-state index is 14.3. The summed E-state index contributed by atoms with van der Waals surface area (Å²) in [4.78, 5) is 97.1. The standard InChI is InChI=1S/C42H59N7O8/c1-6-26(4)35(41(55)49-22-14-20-33(49)38(52)46-31(42(56)57)24-29-17-11-8-12-18-29)47-36(50)30(23-28-15-9-7-10-16-28)45-37(51)32-19-13-21-48(32)40(54)27(5)44-39(53)34(43)25(2)3/h7-12,15-18,25-27,30-35H,6,13-14,19-24,43H2,1-5H3,(H,44,53)(H,45,51)(H,46,52)(H,47,50)(H,56,57)/t26-,27-,30-,31-,32-,33-,34-,35-/m0/s1. The minimum absolute atomic E-state index is 0.0675. The number of carbonyl (C=O) groups excluding carboxylic acids is 6. The van der Waals surface area contributed by atoms with Gasteiger partial charge in [0.15, 0.2) is 0 Å². The highest BCUT2D eigenvalue weighted by Gasteiger charge is 2.42. The Hall–Kier alpha value is -5.31. The molecule has 8 atom stereocenters. The van der Waals surface area contributed by atoms with Crippen LogP contribution in [0.4, 0.5) is 0 Å². The number of nitrogens with two attached hydrogens (primary N) is 1. The first-order valence-corrected chi connectivity index (χ1v) is 20.0. The van der Waals surface area contributed by atoms with Gasteiger partial charge in [-0.25, -0.2) is 4.79 Å². The fourth-order valence-corrected chi connectivity index (χ4v) is 7.29. The number of hydrogen-bond donors (Lipinski definition) is 6. The van der Waals surface area contributed by atoms with Gasteiger partial charge in [0.2, 0.25) is 35.4 Å². The van der Waals surface area contributed by atoms with Crippen molar-refractivity contribution in [2.45, 2.75) is 122 Å². The number of carboxylic acid groups (broad SMARTS) is 1. The molecule has 0 unspecified atom stereocenters. The Morgan fingerprint density at radius 2 is 1.16 bits per heavy atom. The Morgan fingerprint density at radius 3 is 1.63 bits per heavy atom. The Bertz CT molecular complexity index is 1720. The number of aliphatic carboxylic acids is 1. The lowest BCUT2D eigenvalue weighted by molar-refractivity contribution is -0.145. The van der Waals surface area contributed by atoms with Crippen LogP contribution in [0.5, 0.6) is 0 Å². The van der Waals surface area contributed by atoms with Gasteiger partial charge in [0.1, 0.15) is 36.3 Å². The monoisotopic (exact) mass is 789 g/mol. The molecule has 2 aliphatic heterocycles. The molecule has 4 rings (SSSR count). The third-order valence-electron chi connectivity index (χ3n) is 11.0. The molecule has 6 amide bonds. The zero-order valence-corrected chi connectivity index (χ0v) is 33.6. The topological polar surface area (TPSA) is 220 Å². The summed E-state index contributed by atoms with van der Waals surface area (Å²) in [6.45, 7) is 9.37. The summed E-state index contributed by atoms with van der Waals surface area (Å²) < 4.78 is 0. The maximum Gasteiger partial charge on any atom is 0.326 e. The van der Waals surface area contributed by atoms with E-state index in [1.54, 1.807) is 45.0 Å². The molecule has 0 radical (unpaired) electrons. The van der Waals surface area contributed by atoms with Crippen molar-refractivity contribution in [2.24, 2.45) is 17.6 Å². The summed E-state index contributed by atoms with van der Waals surface area (Å²) in [5.41, 5.74) is 7.46. The van der Waals surface area contributed by atoms with Crippen LogP contribution < -0.4 is 27.0 Å². The predicted octanol–water partition coefficient (Wildman–Crippen LogP) is 1.53. The number of carboxylic acids is 1. The third kappa shape index (κ3) is 11.9. The molecular formula is C42H59N7O8. The van der Waals surface area contributed by atoms with Crippen molar-refractivity contribution in [3.8, 4) is 0 Å². The van der Waals surface area contributed by atoms with Crippen LogP contribution in [-0.4, -0.2) is 112 Å². The smallest absolute Gasteiger partial charge is 0.326 e. The van der Waals surface area contributed by atoms with E-state index in [1.165, 1.54) is 9.80 Å². The van der Waals surface area contributed by atoms with Gasteiger partial charge in [-0.2, -0.15) is 0 Å². The first-order chi connectivity index (χ1) is 27.1. The predicted molar refractivity (Wildman–Crippen MR) is 213 cm³/mol. The molecule has 2 heterocycles. The summed E-state index contributed by atoms with van der Waals surface area (Å²) in [5, 5.41) is 20.9. The van der Waals surface area contributed by atoms with Crippen molar-refractivity contribution in [2.75, 3.05) is 13.1 Å². The number of benzene rings is 2. The molecule has 0 spiro atoms. The van der Waals surface area contributed by atoms with Crippen LogP contribution >= 0.6 is 0 Å². The van der Waals surface area contributed by atoms with Gasteiger partial charge < -0.3 is 41.9 Å². The molecule has 57 heavy (non-hydrogen) atoms. The van der Waals surface area contributed by atoms with Crippen molar-refractivity contribution in [1.29, 1.82) is 0 Å². The number of hydrogen-bond acceptors (Lipinski definition) is 8. The molecule has 2 fully saturated rings. The van der Waals surface area contributed by atoms with Gasteiger partial charge in [-0.3, -0.25) is 28.8 Å². The van der Waals surface area contributed by atoms with Gasteiger partial charge in [-0.15, -0.1) is 0 Å². The van der Waals surface area contributed by atoms with Crippen molar-refractivity contribution in [1.82, 2.24) is 31.1 Å². The van der Waals surface area contributed by atoms with Crippen LogP contribution in [0.2, 0.25) is 0 Å². The fourth-order valence-electron chi connectivity index (χ4n) is 7.29. The molecule has 2 aromatic rings. The molecular weight excluding hydrogens is 731 g/mol. The van der Waals surface area contributed by atoms with Crippen LogP contribution in [0.15, 0.2) is 60.7 Å². The average molecular weight is 790 g/mol. The highest BCUT2D eigenvalue weighted by Crippen LogP contribution is 2.23. The largest absolute Gasteiger partial charge is 0.480 e. The van der Waals surface area contributed by atoms with Crippen molar-refractivity contribution in [3.05, 3.63) is 71.8 Å². The molecule has 0 bridgehead atoms. The molecule has 0 saturated carbocycles. The lowest BCUT2D eigenvalue weighted by Crippen LogP contribution is -2.60. The Kier molecular flexibility index (Phi) is 16.2. The van der Waals surface area contributed by atoms with Gasteiger partial charge in [-0.05, 0) is 55.6 Å². The van der Waals surface area contributed by atoms with E-state index in [1.807, 2.05) is 50.2 Å². The molecule has 2 saturated heterocycles. The SMILES string of the molecule is CC[C@H](C)[C@H](NC(=O)[C@H](Cc1ccccc1)NC(=O)[C@@H]1CCCN1C(=O)[C@H](C)NC(=O)[C@@H](N)C(C)C)C(=O)N1CCC[C@H]1C(=O)N[C@@H](Cc1ccccc1)C(=O)O. The first kappa shape index (κ1) is 44.4. The summed E-state index contributed by atoms with van der Waals surface area (Å²) in [6.07, 6.45) is 2.39. The second-order valence-electron chi connectivity index (χ2n) is 15.6. The molecule has 2 aromatic carbocycles. The highest BCUT2D eigenvalue weighted by atomic mass is 16.4. The van der Waals surface area contributed by atoms with Gasteiger partial charge in [0.05, 0.1) is 6.04 Å². The van der Waals surface area contributed by atoms with Gasteiger partial charge in [0, 0.05) is 25.9 Å². The highest BCUT2D eigenvalue weighted by molar-refractivity contribution is 5.97. The minimum atomic E-state index is -1.21. The second-order valence-corrected chi connectivity index (χ2v) is 15.6. The second kappa shape index (κ2) is 20.7. The Morgan fingerprint density at radius 1 is 0.684 bits per heavy atom. The Balaban J connectivity index is 1.50. The lowest BCUT2D eigenvalue weighted by atomic mass is 9.96. The molecule has 310 valence electrons. The zero-order chi connectivity index (χ0) is 41.8. The number of likely N-dealkylation sites (tertiary alicyclic amines) is 2. The van der Waals surface area contributed by atoms with Crippen molar-refractivity contribution >= 4 is 41.4 Å². The number of rotatable bonds is 18. The quantitative estimate of drug-likeness (QED) is 0.129. The van der Waals surface area contributed by atoms with E-state index < -0.39 is 83.7 Å². The van der Waals surface area contributed by atoms with Crippen molar-refractivity contribution < 1.29 is 38.7 Å². The van der Waals surface area contributed by atoms with E-state index in [0.29, 0.717) is 32.1 Å². The summed E-state index contributed by atoms with van der Waals surface area (Å²) in [7, 11) is 0. The fraction of sp³-hybridized carbons (Fsp3) is 0.548. The first-order valence-electron chi connectivity index (χ1n) is 20.0. The number of carbonyl (C=O) groups is 7. The van der Waals surface area contributed by atoms with Crippen LogP contribution in [0.3, 0.4) is 0 Å². The number of nitrogens with zero attached hydrogens (tertiary/aromatic N) is 2. The van der Waals surface area contributed by atoms with E-state index >= 15 is 0 Å². The molecule has 15 heteroatoms. The van der Waals surface area contributed by atoms with E-state index in [9.17, 15) is 38.7 Å². The normalized spacial score (nSPS) is 19.8. The van der Waals surface area contributed by atoms with E-state index in [-0.39, 0.29) is 37.8 Å². The Labute approximate surface area is 334 Å². The van der Waals surface area contributed by atoms with Gasteiger partial charge in [0.25, 0.3) is 0 Å². The number of nitrogens with one attached hydrogen (secondary N) is 4. The molecule has 2 aliphatic rings. The summed E-state index contributed by atoms with van der Waals surface area (Å²) in [5.74, 6) is -4.83.